The first-order valence-electron chi connectivity index (χ1n) is 7.57. The molecule has 112 valence electrons. The number of carboxylic acids is 1. The van der Waals surface area contributed by atoms with Crippen molar-refractivity contribution in [2.24, 2.45) is 17.8 Å². The van der Waals surface area contributed by atoms with Gasteiger partial charge in [-0.2, -0.15) is 0 Å². The average molecular weight is 295 g/mol. The second-order valence-electron chi connectivity index (χ2n) is 6.20. The maximum absolute atomic E-state index is 11.0. The molecule has 0 amide bonds. The van der Waals surface area contributed by atoms with E-state index in [-0.39, 0.29) is 5.92 Å². The van der Waals surface area contributed by atoms with Crippen molar-refractivity contribution in [2.45, 2.75) is 45.6 Å². The van der Waals surface area contributed by atoms with E-state index in [1.807, 2.05) is 11.3 Å². The molecule has 0 saturated heterocycles. The lowest BCUT2D eigenvalue weighted by atomic mass is 9.82. The number of carbonyl (C=O) groups is 1. The first kappa shape index (κ1) is 15.5. The minimum absolute atomic E-state index is 0.107. The number of hydrogen-bond acceptors (Lipinski definition) is 3. The third-order valence-electron chi connectivity index (χ3n) is 4.34. The molecule has 4 heteroatoms. The highest BCUT2D eigenvalue weighted by molar-refractivity contribution is 7.10. The molecular formula is C16H25NO2S. The molecule has 1 atom stereocenters. The summed E-state index contributed by atoms with van der Waals surface area (Å²) in [7, 11) is 0. The normalized spacial score (nSPS) is 24.8. The Hall–Kier alpha value is -0.870. The van der Waals surface area contributed by atoms with Crippen LogP contribution in [0.5, 0.6) is 0 Å². The van der Waals surface area contributed by atoms with Crippen molar-refractivity contribution in [3.05, 3.63) is 22.4 Å². The van der Waals surface area contributed by atoms with E-state index in [0.717, 1.165) is 32.2 Å². The third kappa shape index (κ3) is 4.06. The van der Waals surface area contributed by atoms with Gasteiger partial charge in [0.25, 0.3) is 0 Å². The molecule has 0 bridgehead atoms. The Balaban J connectivity index is 1.81. The molecule has 0 aromatic carbocycles. The molecule has 2 rings (SSSR count). The molecular weight excluding hydrogens is 270 g/mol. The summed E-state index contributed by atoms with van der Waals surface area (Å²) in [6.45, 7) is 5.50. The number of aliphatic carboxylic acids is 1. The Labute approximate surface area is 125 Å². The van der Waals surface area contributed by atoms with Gasteiger partial charge in [0, 0.05) is 10.9 Å². The Kier molecular flexibility index (Phi) is 5.61. The van der Waals surface area contributed by atoms with Crippen LogP contribution in [0.1, 0.15) is 50.4 Å². The predicted octanol–water partition coefficient (Wildman–Crippen LogP) is 3.93. The summed E-state index contributed by atoms with van der Waals surface area (Å²) in [5.41, 5.74) is 0. The Morgan fingerprint density at radius 3 is 2.60 bits per heavy atom. The SMILES string of the molecule is CC(C)C(NCC1CCC(C(=O)O)CC1)c1cccs1. The van der Waals surface area contributed by atoms with Crippen LogP contribution in [0.15, 0.2) is 17.5 Å². The van der Waals surface area contributed by atoms with E-state index in [1.165, 1.54) is 4.88 Å². The van der Waals surface area contributed by atoms with Gasteiger partial charge in [-0.05, 0) is 55.5 Å². The molecule has 3 nitrogen and oxygen atoms in total. The lowest BCUT2D eigenvalue weighted by Crippen LogP contribution is -2.32. The zero-order chi connectivity index (χ0) is 14.5. The van der Waals surface area contributed by atoms with Gasteiger partial charge in [0.05, 0.1) is 5.92 Å². The Bertz CT molecular complexity index is 408. The van der Waals surface area contributed by atoms with Crippen LogP contribution in [0.2, 0.25) is 0 Å². The maximum atomic E-state index is 11.0. The van der Waals surface area contributed by atoms with E-state index < -0.39 is 5.97 Å². The fraction of sp³-hybridized carbons (Fsp3) is 0.688. The van der Waals surface area contributed by atoms with Gasteiger partial charge in [-0.15, -0.1) is 11.3 Å². The molecule has 1 fully saturated rings. The number of nitrogens with one attached hydrogen (secondary N) is 1. The lowest BCUT2D eigenvalue weighted by Gasteiger charge is -2.29. The standard InChI is InChI=1S/C16H25NO2S/c1-11(2)15(14-4-3-9-20-14)17-10-12-5-7-13(8-6-12)16(18)19/h3-4,9,11-13,15,17H,5-8,10H2,1-2H3,(H,18,19). The van der Waals surface area contributed by atoms with Crippen LogP contribution >= 0.6 is 11.3 Å². The quantitative estimate of drug-likeness (QED) is 0.836. The molecule has 1 heterocycles. The van der Waals surface area contributed by atoms with Gasteiger partial charge in [-0.25, -0.2) is 0 Å². The minimum atomic E-state index is -0.616. The first-order valence-corrected chi connectivity index (χ1v) is 8.45. The molecule has 20 heavy (non-hydrogen) atoms. The fourth-order valence-electron chi connectivity index (χ4n) is 3.04. The monoisotopic (exact) mass is 295 g/mol. The maximum Gasteiger partial charge on any atom is 0.306 e. The van der Waals surface area contributed by atoms with E-state index in [9.17, 15) is 4.79 Å². The van der Waals surface area contributed by atoms with Crippen molar-refractivity contribution in [3.63, 3.8) is 0 Å². The molecule has 1 aromatic heterocycles. The predicted molar refractivity (Wildman–Crippen MR) is 83.0 cm³/mol. The average Bonchev–Trinajstić information content (AvgIpc) is 2.93. The molecule has 1 aliphatic rings. The smallest absolute Gasteiger partial charge is 0.306 e. The van der Waals surface area contributed by atoms with Gasteiger partial charge in [0.1, 0.15) is 0 Å². The second-order valence-corrected chi connectivity index (χ2v) is 7.18. The molecule has 1 aromatic rings. The van der Waals surface area contributed by atoms with Gasteiger partial charge in [0.2, 0.25) is 0 Å². The summed E-state index contributed by atoms with van der Waals surface area (Å²) in [6.07, 6.45) is 3.76. The van der Waals surface area contributed by atoms with E-state index in [0.29, 0.717) is 17.9 Å². The van der Waals surface area contributed by atoms with Gasteiger partial charge < -0.3 is 10.4 Å². The molecule has 1 aliphatic carbocycles. The van der Waals surface area contributed by atoms with Gasteiger partial charge in [0.15, 0.2) is 0 Å². The Morgan fingerprint density at radius 1 is 1.40 bits per heavy atom. The second kappa shape index (κ2) is 7.23. The summed E-state index contributed by atoms with van der Waals surface area (Å²) in [4.78, 5) is 12.4. The fourth-order valence-corrected chi connectivity index (χ4v) is 4.01. The van der Waals surface area contributed by atoms with Crippen LogP contribution < -0.4 is 5.32 Å². The van der Waals surface area contributed by atoms with Gasteiger partial charge in [-0.1, -0.05) is 19.9 Å². The number of hydrogen-bond donors (Lipinski definition) is 2. The summed E-state index contributed by atoms with van der Waals surface area (Å²) in [5.74, 6) is 0.482. The van der Waals surface area contributed by atoms with E-state index in [2.05, 4.69) is 36.7 Å². The van der Waals surface area contributed by atoms with Crippen LogP contribution in [0.4, 0.5) is 0 Å². The molecule has 0 radical (unpaired) electrons. The van der Waals surface area contributed by atoms with Crippen LogP contribution in [0.3, 0.4) is 0 Å². The molecule has 0 aliphatic heterocycles. The van der Waals surface area contributed by atoms with Crippen LogP contribution in [-0.2, 0) is 4.79 Å². The van der Waals surface area contributed by atoms with Crippen molar-refractivity contribution >= 4 is 17.3 Å². The van der Waals surface area contributed by atoms with Crippen molar-refractivity contribution in [3.8, 4) is 0 Å². The summed E-state index contributed by atoms with van der Waals surface area (Å²) < 4.78 is 0. The zero-order valence-corrected chi connectivity index (χ0v) is 13.2. The molecule has 0 spiro atoms. The summed E-state index contributed by atoms with van der Waals surface area (Å²) >= 11 is 1.81. The first-order chi connectivity index (χ1) is 9.58. The van der Waals surface area contributed by atoms with Gasteiger partial charge >= 0.3 is 5.97 Å². The number of thiophene rings is 1. The largest absolute Gasteiger partial charge is 0.481 e. The van der Waals surface area contributed by atoms with Crippen LogP contribution in [0, 0.1) is 17.8 Å². The molecule has 1 saturated carbocycles. The highest BCUT2D eigenvalue weighted by Crippen LogP contribution is 2.30. The van der Waals surface area contributed by atoms with E-state index in [4.69, 9.17) is 5.11 Å². The van der Waals surface area contributed by atoms with Crippen molar-refractivity contribution < 1.29 is 9.90 Å². The summed E-state index contributed by atoms with van der Waals surface area (Å²) in [5, 5.41) is 14.9. The van der Waals surface area contributed by atoms with Gasteiger partial charge in [-0.3, -0.25) is 4.79 Å². The zero-order valence-electron chi connectivity index (χ0n) is 12.3. The lowest BCUT2D eigenvalue weighted by molar-refractivity contribution is -0.143. The molecule has 2 N–H and O–H groups in total. The van der Waals surface area contributed by atoms with Crippen molar-refractivity contribution in [1.82, 2.24) is 5.32 Å². The summed E-state index contributed by atoms with van der Waals surface area (Å²) in [6, 6.07) is 4.73. The van der Waals surface area contributed by atoms with E-state index >= 15 is 0 Å². The van der Waals surface area contributed by atoms with Crippen molar-refractivity contribution in [1.29, 1.82) is 0 Å². The van der Waals surface area contributed by atoms with Crippen molar-refractivity contribution in [2.75, 3.05) is 6.54 Å². The number of carboxylic acid groups (broad SMARTS) is 1. The number of rotatable bonds is 6. The topological polar surface area (TPSA) is 49.3 Å². The van der Waals surface area contributed by atoms with Crippen LogP contribution in [0.25, 0.3) is 0 Å². The minimum Gasteiger partial charge on any atom is -0.481 e. The highest BCUT2D eigenvalue weighted by Gasteiger charge is 2.26. The van der Waals surface area contributed by atoms with E-state index in [1.54, 1.807) is 0 Å². The third-order valence-corrected chi connectivity index (χ3v) is 5.29. The molecule has 1 unspecified atom stereocenters. The van der Waals surface area contributed by atoms with Crippen LogP contribution in [-0.4, -0.2) is 17.6 Å². The highest BCUT2D eigenvalue weighted by atomic mass is 32.1. The Morgan fingerprint density at radius 2 is 2.10 bits per heavy atom.